The maximum absolute atomic E-state index is 5.66. The maximum atomic E-state index is 5.66. The first-order valence-corrected chi connectivity index (χ1v) is 18.1. The van der Waals surface area contributed by atoms with Crippen LogP contribution in [0.15, 0.2) is 176 Å². The molecule has 242 valence electrons. The minimum absolute atomic E-state index is 0.179. The molecule has 0 fully saturated rings. The summed E-state index contributed by atoms with van der Waals surface area (Å²) in [6.45, 7) is 0. The third-order valence-corrected chi connectivity index (χ3v) is 11.1. The van der Waals surface area contributed by atoms with Gasteiger partial charge in [-0.15, -0.1) is 0 Å². The van der Waals surface area contributed by atoms with Crippen LogP contribution in [0.2, 0.25) is 0 Å². The van der Waals surface area contributed by atoms with E-state index in [-0.39, 0.29) is 5.92 Å². The molecule has 9 aromatic rings. The van der Waals surface area contributed by atoms with Gasteiger partial charge in [0.05, 0.1) is 22.8 Å². The van der Waals surface area contributed by atoms with Crippen molar-refractivity contribution in [2.24, 2.45) is 0 Å². The standard InChI is InChI=1S/C50H32N2/c1-3-10-31(11-4-1)33-18-20-37-28-40(24-22-35(37)26-33)47-48(41-25-23-36-27-34(19-21-38(36)29-41)32-12-5-2-6-13-32)52-50-45-30-39-14-7-8-15-42(39)43-16-9-17-44(46(43)45)49(50)51-47/h1-29,45H,30H2. The van der Waals surface area contributed by atoms with E-state index < -0.39 is 0 Å². The third kappa shape index (κ3) is 4.58. The van der Waals surface area contributed by atoms with Crippen LogP contribution >= 0.6 is 0 Å². The van der Waals surface area contributed by atoms with Gasteiger partial charge in [-0.2, -0.15) is 0 Å². The fraction of sp³-hybridized carbons (Fsp3) is 0.0400. The van der Waals surface area contributed by atoms with E-state index in [1.165, 1.54) is 71.6 Å². The highest BCUT2D eigenvalue weighted by Gasteiger charge is 2.38. The van der Waals surface area contributed by atoms with Crippen molar-refractivity contribution in [3.05, 3.63) is 193 Å². The van der Waals surface area contributed by atoms with Crippen LogP contribution in [-0.2, 0) is 6.42 Å². The lowest BCUT2D eigenvalue weighted by Gasteiger charge is -2.25. The molecule has 0 aliphatic heterocycles. The van der Waals surface area contributed by atoms with Crippen LogP contribution < -0.4 is 0 Å². The summed E-state index contributed by atoms with van der Waals surface area (Å²) in [5.41, 5.74) is 17.6. The average molecular weight is 661 g/mol. The lowest BCUT2D eigenvalue weighted by molar-refractivity contribution is 0.785. The molecule has 0 amide bonds. The Balaban J connectivity index is 1.10. The van der Waals surface area contributed by atoms with Crippen LogP contribution in [0.25, 0.3) is 88.7 Å². The number of benzene rings is 8. The monoisotopic (exact) mass is 660 g/mol. The lowest BCUT2D eigenvalue weighted by Crippen LogP contribution is -2.11. The number of hydrogen-bond acceptors (Lipinski definition) is 2. The van der Waals surface area contributed by atoms with Gasteiger partial charge in [0.25, 0.3) is 0 Å². The van der Waals surface area contributed by atoms with Crippen LogP contribution in [0.4, 0.5) is 0 Å². The van der Waals surface area contributed by atoms with E-state index in [9.17, 15) is 0 Å². The molecular weight excluding hydrogens is 629 g/mol. The zero-order chi connectivity index (χ0) is 34.2. The summed E-state index contributed by atoms with van der Waals surface area (Å²) in [5, 5.41) is 4.79. The van der Waals surface area contributed by atoms with E-state index in [0.717, 1.165) is 40.3 Å². The van der Waals surface area contributed by atoms with Crippen molar-refractivity contribution in [2.75, 3.05) is 0 Å². The molecule has 52 heavy (non-hydrogen) atoms. The number of nitrogens with zero attached hydrogens (tertiary/aromatic N) is 2. The molecule has 1 atom stereocenters. The van der Waals surface area contributed by atoms with Gasteiger partial charge in [0, 0.05) is 22.6 Å². The SMILES string of the molecule is c1ccc(-c2ccc3cc(-c4nc5c(nc4-c4ccc6cc(-c7ccccc7)ccc6c4)C4Cc6ccccc6-c6cccc-5c64)ccc3c2)cc1. The molecule has 8 aromatic carbocycles. The molecule has 0 saturated carbocycles. The zero-order valence-corrected chi connectivity index (χ0v) is 28.4. The van der Waals surface area contributed by atoms with Gasteiger partial charge in [-0.05, 0) is 96.7 Å². The van der Waals surface area contributed by atoms with Gasteiger partial charge in [-0.1, -0.05) is 152 Å². The fourth-order valence-electron chi connectivity index (χ4n) is 8.60. The van der Waals surface area contributed by atoms with Crippen molar-refractivity contribution in [3.63, 3.8) is 0 Å². The summed E-state index contributed by atoms with van der Waals surface area (Å²) in [6.07, 6.45) is 0.931. The molecule has 0 bridgehead atoms. The van der Waals surface area contributed by atoms with Gasteiger partial charge in [-0.25, -0.2) is 9.97 Å². The predicted octanol–water partition coefficient (Wildman–Crippen LogP) is 12.8. The molecule has 1 aromatic heterocycles. The quantitative estimate of drug-likeness (QED) is 0.188. The van der Waals surface area contributed by atoms with Crippen LogP contribution in [0.1, 0.15) is 22.7 Å². The van der Waals surface area contributed by atoms with E-state index in [1.807, 2.05) is 0 Å². The van der Waals surface area contributed by atoms with Crippen molar-refractivity contribution >= 4 is 21.5 Å². The van der Waals surface area contributed by atoms with E-state index in [2.05, 4.69) is 176 Å². The van der Waals surface area contributed by atoms with E-state index >= 15 is 0 Å². The minimum Gasteiger partial charge on any atom is -0.248 e. The molecule has 2 nitrogen and oxygen atoms in total. The van der Waals surface area contributed by atoms with Gasteiger partial charge in [0.1, 0.15) is 0 Å². The normalized spacial score (nSPS) is 13.9. The van der Waals surface area contributed by atoms with E-state index in [1.54, 1.807) is 0 Å². The van der Waals surface area contributed by atoms with Crippen LogP contribution in [0.5, 0.6) is 0 Å². The number of rotatable bonds is 4. The highest BCUT2D eigenvalue weighted by molar-refractivity contribution is 5.96. The second-order valence-electron chi connectivity index (χ2n) is 14.1. The molecule has 1 unspecified atom stereocenters. The molecule has 0 radical (unpaired) electrons. The largest absolute Gasteiger partial charge is 0.248 e. The van der Waals surface area contributed by atoms with Gasteiger partial charge in [-0.3, -0.25) is 0 Å². The average Bonchev–Trinajstić information content (AvgIpc) is 3.53. The van der Waals surface area contributed by atoms with Gasteiger partial charge < -0.3 is 0 Å². The summed E-state index contributed by atoms with van der Waals surface area (Å²) in [5.74, 6) is 0.179. The fourth-order valence-corrected chi connectivity index (χ4v) is 8.60. The Morgan fingerprint density at radius 1 is 0.346 bits per heavy atom. The predicted molar refractivity (Wildman–Crippen MR) is 215 cm³/mol. The van der Waals surface area contributed by atoms with Crippen molar-refractivity contribution in [3.8, 4) is 67.2 Å². The first kappa shape index (κ1) is 29.1. The summed E-state index contributed by atoms with van der Waals surface area (Å²) in [4.78, 5) is 11.3. The first-order valence-electron chi connectivity index (χ1n) is 18.1. The van der Waals surface area contributed by atoms with Crippen LogP contribution in [0.3, 0.4) is 0 Å². The van der Waals surface area contributed by atoms with Gasteiger partial charge >= 0.3 is 0 Å². The van der Waals surface area contributed by atoms with E-state index in [0.29, 0.717) is 0 Å². The van der Waals surface area contributed by atoms with Crippen LogP contribution in [0, 0.1) is 0 Å². The summed E-state index contributed by atoms with van der Waals surface area (Å²) in [6, 6.07) is 63.7. The van der Waals surface area contributed by atoms with E-state index in [4.69, 9.17) is 9.97 Å². The Labute approximate surface area is 302 Å². The van der Waals surface area contributed by atoms with Crippen molar-refractivity contribution in [2.45, 2.75) is 12.3 Å². The van der Waals surface area contributed by atoms with Gasteiger partial charge in [0.15, 0.2) is 0 Å². The first-order chi connectivity index (χ1) is 25.7. The molecule has 2 heteroatoms. The molecule has 11 rings (SSSR count). The lowest BCUT2D eigenvalue weighted by atomic mass is 9.79. The molecule has 0 spiro atoms. The Hall–Kier alpha value is -6.64. The number of aromatic nitrogens is 2. The Kier molecular flexibility index (Phi) is 6.41. The Morgan fingerprint density at radius 3 is 1.44 bits per heavy atom. The maximum Gasteiger partial charge on any atom is 0.0973 e. The highest BCUT2D eigenvalue weighted by Crippen LogP contribution is 2.53. The molecular formula is C50H32N2. The number of hydrogen-bond donors (Lipinski definition) is 0. The second-order valence-corrected chi connectivity index (χ2v) is 14.1. The molecule has 0 saturated heterocycles. The van der Waals surface area contributed by atoms with Crippen LogP contribution in [-0.4, -0.2) is 9.97 Å². The summed E-state index contributed by atoms with van der Waals surface area (Å²) < 4.78 is 0. The number of fused-ring (bicyclic) bond motifs is 7. The van der Waals surface area contributed by atoms with Crippen molar-refractivity contribution in [1.82, 2.24) is 9.97 Å². The molecule has 2 aliphatic rings. The van der Waals surface area contributed by atoms with Crippen molar-refractivity contribution in [1.29, 1.82) is 0 Å². The Bertz CT molecular complexity index is 2870. The second kappa shape index (κ2) is 11.4. The summed E-state index contributed by atoms with van der Waals surface area (Å²) >= 11 is 0. The van der Waals surface area contributed by atoms with Crippen molar-refractivity contribution < 1.29 is 0 Å². The Morgan fingerprint density at radius 2 is 0.827 bits per heavy atom. The smallest absolute Gasteiger partial charge is 0.0973 e. The molecule has 2 aliphatic carbocycles. The molecule has 0 N–H and O–H groups in total. The summed E-state index contributed by atoms with van der Waals surface area (Å²) in [7, 11) is 0. The minimum atomic E-state index is 0.179. The molecule has 1 heterocycles. The topological polar surface area (TPSA) is 25.8 Å². The third-order valence-electron chi connectivity index (χ3n) is 11.1. The highest BCUT2D eigenvalue weighted by atomic mass is 14.9. The zero-order valence-electron chi connectivity index (χ0n) is 28.4. The van der Waals surface area contributed by atoms with Gasteiger partial charge in [0.2, 0.25) is 0 Å².